The van der Waals surface area contributed by atoms with Gasteiger partial charge >= 0.3 is 0 Å². The normalized spacial score (nSPS) is 10.9. The van der Waals surface area contributed by atoms with E-state index in [9.17, 15) is 0 Å². The van der Waals surface area contributed by atoms with Gasteiger partial charge in [-0.1, -0.05) is 55.1 Å². The number of thioether (sulfide) groups is 1. The van der Waals surface area contributed by atoms with Crippen LogP contribution in [0.15, 0.2) is 53.5 Å². The summed E-state index contributed by atoms with van der Waals surface area (Å²) in [4.78, 5) is 4.53. The Bertz CT molecular complexity index is 708. The van der Waals surface area contributed by atoms with Crippen molar-refractivity contribution >= 4 is 22.6 Å². The third-order valence-corrected chi connectivity index (χ3v) is 3.69. The van der Waals surface area contributed by atoms with E-state index in [0.29, 0.717) is 17.5 Å². The van der Waals surface area contributed by atoms with Gasteiger partial charge in [0.15, 0.2) is 11.4 Å². The molecule has 4 nitrogen and oxygen atoms in total. The molecule has 5 heteroatoms. The van der Waals surface area contributed by atoms with Crippen molar-refractivity contribution in [1.29, 1.82) is 5.26 Å². The molecule has 0 amide bonds. The number of hydrogen-bond acceptors (Lipinski definition) is 4. The Labute approximate surface area is 141 Å². The van der Waals surface area contributed by atoms with Gasteiger partial charge in [-0.2, -0.15) is 5.26 Å². The van der Waals surface area contributed by atoms with Crippen molar-refractivity contribution in [1.82, 2.24) is 5.32 Å². The van der Waals surface area contributed by atoms with Crippen molar-refractivity contribution in [2.24, 2.45) is 4.99 Å². The minimum Gasteiger partial charge on any atom is -0.491 e. The van der Waals surface area contributed by atoms with Crippen molar-refractivity contribution in [2.45, 2.75) is 13.3 Å². The van der Waals surface area contributed by atoms with Crippen LogP contribution in [0.4, 0.5) is 5.69 Å². The molecule has 2 aromatic rings. The lowest BCUT2D eigenvalue weighted by atomic mass is 10.0. The first-order valence-corrected chi connectivity index (χ1v) is 8.61. The summed E-state index contributed by atoms with van der Waals surface area (Å²) in [7, 11) is 0. The lowest BCUT2D eigenvalue weighted by Crippen LogP contribution is -2.12. The van der Waals surface area contributed by atoms with E-state index in [1.165, 1.54) is 11.8 Å². The first kappa shape index (κ1) is 16.9. The molecule has 0 aliphatic rings. The van der Waals surface area contributed by atoms with Crippen molar-refractivity contribution in [3.05, 3.63) is 48.5 Å². The quantitative estimate of drug-likeness (QED) is 0.379. The van der Waals surface area contributed by atoms with Gasteiger partial charge in [0.2, 0.25) is 0 Å². The van der Waals surface area contributed by atoms with E-state index in [1.54, 1.807) is 0 Å². The lowest BCUT2D eigenvalue weighted by molar-refractivity contribution is 0.318. The Kier molecular flexibility index (Phi) is 6.52. The summed E-state index contributed by atoms with van der Waals surface area (Å²) in [6.07, 6.45) is 4.70. The van der Waals surface area contributed by atoms with Crippen LogP contribution < -0.4 is 10.1 Å². The number of nitrogens with zero attached hydrogens (tertiary/aromatic N) is 2. The maximum atomic E-state index is 8.80. The van der Waals surface area contributed by atoms with E-state index >= 15 is 0 Å². The molecule has 2 aromatic carbocycles. The van der Waals surface area contributed by atoms with Crippen LogP contribution in [0, 0.1) is 11.5 Å². The molecular weight excluding hydrogens is 306 g/mol. The van der Waals surface area contributed by atoms with Gasteiger partial charge < -0.3 is 4.74 Å². The van der Waals surface area contributed by atoms with E-state index in [2.05, 4.69) is 29.4 Å². The minimum atomic E-state index is 0.541. The molecule has 0 spiro atoms. The topological polar surface area (TPSA) is 57.4 Å². The molecule has 2 rings (SSSR count). The second-order valence-electron chi connectivity index (χ2n) is 4.75. The second-order valence-corrected chi connectivity index (χ2v) is 5.55. The smallest absolute Gasteiger partial charge is 0.183 e. The van der Waals surface area contributed by atoms with Crippen molar-refractivity contribution in [3.63, 3.8) is 0 Å². The summed E-state index contributed by atoms with van der Waals surface area (Å²) in [6.45, 7) is 2.69. The molecular formula is C18H19N3OS. The lowest BCUT2D eigenvalue weighted by Gasteiger charge is -2.11. The maximum Gasteiger partial charge on any atom is 0.183 e. The Morgan fingerprint density at radius 2 is 2.00 bits per heavy atom. The molecule has 0 aliphatic heterocycles. The zero-order chi connectivity index (χ0) is 16.5. The third kappa shape index (κ3) is 4.76. The van der Waals surface area contributed by atoms with Gasteiger partial charge in [-0.05, 0) is 35.9 Å². The first-order chi connectivity index (χ1) is 11.3. The number of amidine groups is 1. The number of rotatable bonds is 5. The molecule has 0 aromatic heterocycles. The Balaban J connectivity index is 2.44. The van der Waals surface area contributed by atoms with Gasteiger partial charge in [0.05, 0.1) is 6.61 Å². The predicted molar refractivity (Wildman–Crippen MR) is 97.0 cm³/mol. The molecule has 1 N–H and O–H groups in total. The van der Waals surface area contributed by atoms with Crippen LogP contribution in [0.2, 0.25) is 0 Å². The second kappa shape index (κ2) is 8.86. The van der Waals surface area contributed by atoms with Crippen LogP contribution in [0.5, 0.6) is 5.75 Å². The Morgan fingerprint density at radius 1 is 1.22 bits per heavy atom. The van der Waals surface area contributed by atoms with Gasteiger partial charge in [0.1, 0.15) is 11.4 Å². The van der Waals surface area contributed by atoms with Crippen molar-refractivity contribution in [3.8, 4) is 23.1 Å². The zero-order valence-corrected chi connectivity index (χ0v) is 14.1. The summed E-state index contributed by atoms with van der Waals surface area (Å²) < 4.78 is 5.77. The minimum absolute atomic E-state index is 0.541. The van der Waals surface area contributed by atoms with Crippen LogP contribution in [-0.2, 0) is 0 Å². The van der Waals surface area contributed by atoms with E-state index in [1.807, 2.05) is 48.8 Å². The first-order valence-electron chi connectivity index (χ1n) is 7.38. The fraction of sp³-hybridized carbons (Fsp3) is 0.222. The number of ether oxygens (including phenoxy) is 1. The highest BCUT2D eigenvalue weighted by Gasteiger charge is 2.08. The van der Waals surface area contributed by atoms with E-state index in [-0.39, 0.29) is 0 Å². The standard InChI is InChI=1S/C18H19N3OS/c1-3-11-22-17-10-9-15(14-7-5-4-6-8-14)12-16(17)21-18(23-2)20-13-19/h4-10,12H,3,11H2,1-2H3,(H,20,21). The van der Waals surface area contributed by atoms with Crippen LogP contribution in [0.1, 0.15) is 13.3 Å². The summed E-state index contributed by atoms with van der Waals surface area (Å²) >= 11 is 1.38. The summed E-state index contributed by atoms with van der Waals surface area (Å²) in [6, 6.07) is 16.0. The average molecular weight is 325 g/mol. The van der Waals surface area contributed by atoms with E-state index in [4.69, 9.17) is 10.00 Å². The fourth-order valence-electron chi connectivity index (χ4n) is 2.03. The Hall–Kier alpha value is -2.45. The molecule has 0 saturated heterocycles. The van der Waals surface area contributed by atoms with Crippen molar-refractivity contribution < 1.29 is 4.74 Å². The van der Waals surface area contributed by atoms with Gasteiger partial charge in [-0.3, -0.25) is 5.32 Å². The van der Waals surface area contributed by atoms with Crippen LogP contribution in [0.25, 0.3) is 11.1 Å². The van der Waals surface area contributed by atoms with Crippen molar-refractivity contribution in [2.75, 3.05) is 12.9 Å². The largest absolute Gasteiger partial charge is 0.491 e. The SMILES string of the molecule is CCCOc1ccc(-c2ccccc2)cc1N=C(NC#N)SC. The Morgan fingerprint density at radius 3 is 2.65 bits per heavy atom. The highest BCUT2D eigenvalue weighted by molar-refractivity contribution is 8.13. The third-order valence-electron chi connectivity index (χ3n) is 3.11. The van der Waals surface area contributed by atoms with Crippen LogP contribution >= 0.6 is 11.8 Å². The maximum absolute atomic E-state index is 8.80. The number of aliphatic imine (C=N–C) groups is 1. The summed E-state index contributed by atoms with van der Waals surface area (Å²) in [5, 5.41) is 11.9. The highest BCUT2D eigenvalue weighted by atomic mass is 32.2. The van der Waals surface area contributed by atoms with Crippen LogP contribution in [-0.4, -0.2) is 18.0 Å². The van der Waals surface area contributed by atoms with Crippen LogP contribution in [0.3, 0.4) is 0 Å². The van der Waals surface area contributed by atoms with Gasteiger partial charge in [0, 0.05) is 0 Å². The molecule has 0 bridgehead atoms. The number of benzene rings is 2. The molecule has 0 aliphatic carbocycles. The fourth-order valence-corrected chi connectivity index (χ4v) is 2.37. The number of hydrogen-bond donors (Lipinski definition) is 1. The zero-order valence-electron chi connectivity index (χ0n) is 13.2. The molecule has 118 valence electrons. The predicted octanol–water partition coefficient (Wildman–Crippen LogP) is 4.56. The average Bonchev–Trinajstić information content (AvgIpc) is 2.61. The molecule has 0 radical (unpaired) electrons. The molecule has 0 fully saturated rings. The number of nitrogens with one attached hydrogen (secondary N) is 1. The monoisotopic (exact) mass is 325 g/mol. The van der Waals surface area contributed by atoms with Gasteiger partial charge in [0.25, 0.3) is 0 Å². The van der Waals surface area contributed by atoms with Gasteiger partial charge in [-0.15, -0.1) is 0 Å². The number of nitriles is 1. The molecule has 23 heavy (non-hydrogen) atoms. The molecule has 0 atom stereocenters. The molecule has 0 unspecified atom stereocenters. The summed E-state index contributed by atoms with van der Waals surface area (Å²) in [5.41, 5.74) is 2.89. The van der Waals surface area contributed by atoms with E-state index in [0.717, 1.165) is 23.3 Å². The van der Waals surface area contributed by atoms with E-state index < -0.39 is 0 Å². The highest BCUT2D eigenvalue weighted by Crippen LogP contribution is 2.33. The summed E-state index contributed by atoms with van der Waals surface area (Å²) in [5.74, 6) is 0.720. The molecule has 0 saturated carbocycles. The molecule has 0 heterocycles. The van der Waals surface area contributed by atoms with Gasteiger partial charge in [-0.25, -0.2) is 4.99 Å².